The largest absolute Gasteiger partial charge is 0.497 e. The Labute approximate surface area is 129 Å². The quantitative estimate of drug-likeness (QED) is 0.832. The molecule has 1 N–H and O–H groups in total. The summed E-state index contributed by atoms with van der Waals surface area (Å²) in [5, 5.41) is 2.96. The molecule has 2 rings (SSSR count). The third-order valence-corrected chi connectivity index (χ3v) is 3.57. The van der Waals surface area contributed by atoms with Crippen LogP contribution >= 0.6 is 11.6 Å². The van der Waals surface area contributed by atoms with Gasteiger partial charge in [-0.1, -0.05) is 30.3 Å². The van der Waals surface area contributed by atoms with Crippen LogP contribution in [0, 0.1) is 0 Å². The van der Waals surface area contributed by atoms with Crippen molar-refractivity contribution in [3.8, 4) is 5.75 Å². The van der Waals surface area contributed by atoms with Crippen molar-refractivity contribution in [2.75, 3.05) is 13.0 Å². The molecule has 0 aromatic heterocycles. The van der Waals surface area contributed by atoms with Crippen molar-refractivity contribution in [2.45, 2.75) is 12.5 Å². The average molecular weight is 304 g/mol. The van der Waals surface area contributed by atoms with Crippen LogP contribution in [0.25, 0.3) is 0 Å². The molecule has 110 valence electrons. The molecule has 2 aromatic carbocycles. The molecular formula is C17H18ClNO2. The Kier molecular flexibility index (Phi) is 5.64. The second-order valence-corrected chi connectivity index (χ2v) is 5.05. The van der Waals surface area contributed by atoms with Crippen molar-refractivity contribution in [3.63, 3.8) is 0 Å². The fourth-order valence-electron chi connectivity index (χ4n) is 2.05. The first-order valence-electron chi connectivity index (χ1n) is 6.77. The number of alkyl halides is 1. The van der Waals surface area contributed by atoms with Crippen molar-refractivity contribution in [1.82, 2.24) is 5.32 Å². The lowest BCUT2D eigenvalue weighted by Gasteiger charge is -2.16. The van der Waals surface area contributed by atoms with E-state index in [1.165, 1.54) is 0 Å². The molecule has 0 bridgehead atoms. The Morgan fingerprint density at radius 3 is 2.38 bits per heavy atom. The summed E-state index contributed by atoms with van der Waals surface area (Å²) < 4.78 is 5.08. The third kappa shape index (κ3) is 4.50. The molecule has 1 amide bonds. The van der Waals surface area contributed by atoms with Crippen LogP contribution in [0.1, 0.15) is 15.9 Å². The van der Waals surface area contributed by atoms with Gasteiger partial charge in [0.25, 0.3) is 5.91 Å². The normalized spacial score (nSPS) is 11.7. The molecule has 2 aromatic rings. The van der Waals surface area contributed by atoms with E-state index < -0.39 is 0 Å². The van der Waals surface area contributed by atoms with Gasteiger partial charge < -0.3 is 10.1 Å². The van der Waals surface area contributed by atoms with Crippen LogP contribution in [0.15, 0.2) is 54.6 Å². The van der Waals surface area contributed by atoms with E-state index in [0.29, 0.717) is 17.9 Å². The van der Waals surface area contributed by atoms with E-state index in [9.17, 15) is 4.79 Å². The number of amides is 1. The maximum atomic E-state index is 12.2. The number of nitrogens with one attached hydrogen (secondary N) is 1. The molecular weight excluding hydrogens is 286 g/mol. The number of hydrogen-bond acceptors (Lipinski definition) is 2. The summed E-state index contributed by atoms with van der Waals surface area (Å²) in [6.07, 6.45) is 0.715. The van der Waals surface area contributed by atoms with Gasteiger partial charge in [-0.15, -0.1) is 11.6 Å². The minimum Gasteiger partial charge on any atom is -0.497 e. The number of hydrogen-bond donors (Lipinski definition) is 1. The monoisotopic (exact) mass is 303 g/mol. The molecule has 0 aliphatic heterocycles. The second kappa shape index (κ2) is 7.70. The molecule has 0 radical (unpaired) electrons. The lowest BCUT2D eigenvalue weighted by atomic mass is 10.1. The first-order valence-corrected chi connectivity index (χ1v) is 7.31. The molecule has 0 fully saturated rings. The smallest absolute Gasteiger partial charge is 0.251 e. The SMILES string of the molecule is COc1ccc(C(=O)NC(CCl)Cc2ccccc2)cc1. The molecule has 3 nitrogen and oxygen atoms in total. The summed E-state index contributed by atoms with van der Waals surface area (Å²) >= 11 is 5.96. The van der Waals surface area contributed by atoms with Crippen LogP contribution < -0.4 is 10.1 Å². The molecule has 1 atom stereocenters. The second-order valence-electron chi connectivity index (χ2n) is 4.74. The van der Waals surface area contributed by atoms with Gasteiger partial charge in [-0.25, -0.2) is 0 Å². The number of methoxy groups -OCH3 is 1. The predicted octanol–water partition coefficient (Wildman–Crippen LogP) is 3.28. The maximum Gasteiger partial charge on any atom is 0.251 e. The predicted molar refractivity (Wildman–Crippen MR) is 85.1 cm³/mol. The zero-order chi connectivity index (χ0) is 15.1. The Bertz CT molecular complexity index is 569. The summed E-state index contributed by atoms with van der Waals surface area (Å²) in [6.45, 7) is 0. The minimum atomic E-state index is -0.126. The van der Waals surface area contributed by atoms with Gasteiger partial charge in [0.15, 0.2) is 0 Å². The molecule has 21 heavy (non-hydrogen) atoms. The number of rotatable bonds is 6. The molecule has 0 saturated carbocycles. The average Bonchev–Trinajstić information content (AvgIpc) is 2.55. The summed E-state index contributed by atoms with van der Waals surface area (Å²) in [5.41, 5.74) is 1.75. The summed E-state index contributed by atoms with van der Waals surface area (Å²) in [6, 6.07) is 16.9. The number of halogens is 1. The molecule has 0 spiro atoms. The van der Waals surface area contributed by atoms with E-state index >= 15 is 0 Å². The molecule has 4 heteroatoms. The van der Waals surface area contributed by atoms with Crippen molar-refractivity contribution in [3.05, 3.63) is 65.7 Å². The Morgan fingerprint density at radius 2 is 1.81 bits per heavy atom. The number of ether oxygens (including phenoxy) is 1. The van der Waals surface area contributed by atoms with E-state index in [4.69, 9.17) is 16.3 Å². The number of benzene rings is 2. The number of carbonyl (C=O) groups is 1. The Morgan fingerprint density at radius 1 is 1.14 bits per heavy atom. The minimum absolute atomic E-state index is 0.0938. The lowest BCUT2D eigenvalue weighted by Crippen LogP contribution is -2.37. The van der Waals surface area contributed by atoms with Crippen molar-refractivity contribution in [2.24, 2.45) is 0 Å². The van der Waals surface area contributed by atoms with Crippen molar-refractivity contribution < 1.29 is 9.53 Å². The van der Waals surface area contributed by atoms with E-state index in [0.717, 1.165) is 11.3 Å². The van der Waals surface area contributed by atoms with Gasteiger partial charge in [0.2, 0.25) is 0 Å². The van der Waals surface area contributed by atoms with Crippen LogP contribution in [0.4, 0.5) is 0 Å². The zero-order valence-electron chi connectivity index (χ0n) is 11.9. The Hall–Kier alpha value is -2.00. The van der Waals surface area contributed by atoms with Crippen LogP contribution in [0.2, 0.25) is 0 Å². The van der Waals surface area contributed by atoms with Crippen molar-refractivity contribution >= 4 is 17.5 Å². The molecule has 0 aliphatic rings. The van der Waals surface area contributed by atoms with E-state index in [-0.39, 0.29) is 11.9 Å². The van der Waals surface area contributed by atoms with Crippen molar-refractivity contribution in [1.29, 1.82) is 0 Å². The van der Waals surface area contributed by atoms with E-state index in [2.05, 4.69) is 5.32 Å². The van der Waals surface area contributed by atoms with Gasteiger partial charge in [-0.3, -0.25) is 4.79 Å². The van der Waals surface area contributed by atoms with Crippen LogP contribution in [-0.4, -0.2) is 24.9 Å². The maximum absolute atomic E-state index is 12.2. The molecule has 0 aliphatic carbocycles. The molecule has 0 heterocycles. The highest BCUT2D eigenvalue weighted by atomic mass is 35.5. The van der Waals surface area contributed by atoms with Gasteiger partial charge in [-0.2, -0.15) is 0 Å². The highest BCUT2D eigenvalue weighted by Crippen LogP contribution is 2.12. The highest BCUT2D eigenvalue weighted by molar-refractivity contribution is 6.18. The van der Waals surface area contributed by atoms with Gasteiger partial charge in [0, 0.05) is 17.5 Å². The first kappa shape index (κ1) is 15.4. The first-order chi connectivity index (χ1) is 10.2. The van der Waals surface area contributed by atoms with Crippen LogP contribution in [0.5, 0.6) is 5.75 Å². The van der Waals surface area contributed by atoms with Gasteiger partial charge in [0.1, 0.15) is 5.75 Å². The standard InChI is InChI=1S/C17H18ClNO2/c1-21-16-9-7-14(8-10-16)17(20)19-15(12-18)11-13-5-3-2-4-6-13/h2-10,15H,11-12H2,1H3,(H,19,20). The zero-order valence-corrected chi connectivity index (χ0v) is 12.6. The Balaban J connectivity index is 1.98. The fourth-order valence-corrected chi connectivity index (χ4v) is 2.24. The number of carbonyl (C=O) groups excluding carboxylic acids is 1. The van der Waals surface area contributed by atoms with Gasteiger partial charge >= 0.3 is 0 Å². The molecule has 0 saturated heterocycles. The summed E-state index contributed by atoms with van der Waals surface area (Å²) in [5.74, 6) is 0.973. The fraction of sp³-hybridized carbons (Fsp3) is 0.235. The summed E-state index contributed by atoms with van der Waals surface area (Å²) in [4.78, 5) is 12.2. The van der Waals surface area contributed by atoms with E-state index in [1.807, 2.05) is 30.3 Å². The van der Waals surface area contributed by atoms with E-state index in [1.54, 1.807) is 31.4 Å². The molecule has 1 unspecified atom stereocenters. The van der Waals surface area contributed by atoms with Crippen LogP contribution in [0.3, 0.4) is 0 Å². The third-order valence-electron chi connectivity index (χ3n) is 3.20. The summed E-state index contributed by atoms with van der Waals surface area (Å²) in [7, 11) is 1.60. The van der Waals surface area contributed by atoms with Gasteiger partial charge in [-0.05, 0) is 36.2 Å². The van der Waals surface area contributed by atoms with Crippen LogP contribution in [-0.2, 0) is 6.42 Å². The highest BCUT2D eigenvalue weighted by Gasteiger charge is 2.13. The lowest BCUT2D eigenvalue weighted by molar-refractivity contribution is 0.0940. The van der Waals surface area contributed by atoms with Gasteiger partial charge in [0.05, 0.1) is 7.11 Å². The topological polar surface area (TPSA) is 38.3 Å².